The Labute approximate surface area is 116 Å². The number of hydrogen-bond acceptors (Lipinski definition) is 3. The van der Waals surface area contributed by atoms with Crippen LogP contribution in [0.15, 0.2) is 52.0 Å². The number of furan rings is 1. The maximum atomic E-state index is 12.0. The first-order chi connectivity index (χ1) is 9.19. The van der Waals surface area contributed by atoms with Gasteiger partial charge >= 0.3 is 6.03 Å². The highest BCUT2D eigenvalue weighted by Gasteiger charge is 2.10. The molecule has 0 aliphatic rings. The van der Waals surface area contributed by atoms with Gasteiger partial charge in [0.15, 0.2) is 0 Å². The van der Waals surface area contributed by atoms with Crippen LogP contribution in [0, 0.1) is 0 Å². The third kappa shape index (κ3) is 3.79. The molecule has 1 aromatic heterocycles. The van der Waals surface area contributed by atoms with Crippen molar-refractivity contribution in [3.05, 3.63) is 48.4 Å². The van der Waals surface area contributed by atoms with Crippen molar-refractivity contribution in [3.8, 4) is 0 Å². The smallest absolute Gasteiger partial charge is 0.321 e. The fourth-order valence-corrected chi connectivity index (χ4v) is 2.01. The maximum Gasteiger partial charge on any atom is 0.321 e. The van der Waals surface area contributed by atoms with Gasteiger partial charge < -0.3 is 14.6 Å². The van der Waals surface area contributed by atoms with E-state index in [-0.39, 0.29) is 6.03 Å². The van der Waals surface area contributed by atoms with Crippen molar-refractivity contribution in [1.29, 1.82) is 0 Å². The minimum atomic E-state index is -0.159. The third-order valence-electron chi connectivity index (χ3n) is 2.66. The molecule has 2 aromatic rings. The van der Waals surface area contributed by atoms with Crippen molar-refractivity contribution < 1.29 is 9.21 Å². The fourth-order valence-electron chi connectivity index (χ4n) is 1.60. The van der Waals surface area contributed by atoms with Gasteiger partial charge in [-0.25, -0.2) is 4.79 Å². The summed E-state index contributed by atoms with van der Waals surface area (Å²) in [6.45, 7) is 0.446. The zero-order valence-corrected chi connectivity index (χ0v) is 11.7. The van der Waals surface area contributed by atoms with Crippen molar-refractivity contribution in [2.24, 2.45) is 0 Å². The Hall–Kier alpha value is -1.88. The van der Waals surface area contributed by atoms with Crippen LogP contribution in [0.25, 0.3) is 0 Å². The quantitative estimate of drug-likeness (QED) is 0.867. The van der Waals surface area contributed by atoms with E-state index in [0.717, 1.165) is 11.4 Å². The van der Waals surface area contributed by atoms with Crippen LogP contribution in [0.4, 0.5) is 10.5 Å². The molecule has 0 spiro atoms. The normalized spacial score (nSPS) is 10.2. The summed E-state index contributed by atoms with van der Waals surface area (Å²) < 4.78 is 5.21. The number of urea groups is 1. The lowest BCUT2D eigenvalue weighted by atomic mass is 10.3. The van der Waals surface area contributed by atoms with Gasteiger partial charge in [0.05, 0.1) is 12.8 Å². The number of rotatable bonds is 4. The molecule has 1 N–H and O–H groups in total. The summed E-state index contributed by atoms with van der Waals surface area (Å²) in [6, 6.07) is 11.2. The number of anilines is 1. The second-order valence-corrected chi connectivity index (χ2v) is 4.97. The summed E-state index contributed by atoms with van der Waals surface area (Å²) in [5.74, 6) is 0.760. The molecule has 0 aliphatic carbocycles. The number of hydrogen-bond donors (Lipinski definition) is 1. The van der Waals surface area contributed by atoms with Crippen LogP contribution in [0.2, 0.25) is 0 Å². The van der Waals surface area contributed by atoms with E-state index < -0.39 is 0 Å². The molecule has 1 heterocycles. The summed E-state index contributed by atoms with van der Waals surface area (Å²) in [6.07, 6.45) is 3.62. The van der Waals surface area contributed by atoms with Gasteiger partial charge in [-0.2, -0.15) is 0 Å². The second-order valence-electron chi connectivity index (χ2n) is 4.09. The first-order valence-electron chi connectivity index (χ1n) is 5.87. The summed E-state index contributed by atoms with van der Waals surface area (Å²) in [5, 5.41) is 2.84. The van der Waals surface area contributed by atoms with Crippen molar-refractivity contribution in [1.82, 2.24) is 4.90 Å². The second kappa shape index (κ2) is 6.33. The van der Waals surface area contributed by atoms with Crippen LogP contribution in [-0.2, 0) is 6.54 Å². The van der Waals surface area contributed by atoms with Gasteiger partial charge in [0, 0.05) is 17.6 Å². The largest absolute Gasteiger partial charge is 0.467 e. The van der Waals surface area contributed by atoms with E-state index in [1.165, 1.54) is 4.90 Å². The molecule has 0 saturated heterocycles. The molecule has 0 aliphatic heterocycles. The summed E-state index contributed by atoms with van der Waals surface area (Å²) in [7, 11) is 1.73. The Balaban J connectivity index is 1.92. The molecule has 0 bridgehead atoms. The highest BCUT2D eigenvalue weighted by molar-refractivity contribution is 7.98. The molecule has 100 valence electrons. The Morgan fingerprint density at radius 3 is 2.63 bits per heavy atom. The molecule has 2 amide bonds. The predicted octanol–water partition coefficient (Wildman–Crippen LogP) is 3.67. The molecule has 0 unspecified atom stereocenters. The highest BCUT2D eigenvalue weighted by atomic mass is 32.2. The summed E-state index contributed by atoms with van der Waals surface area (Å²) in [5.41, 5.74) is 0.786. The van der Waals surface area contributed by atoms with Crippen LogP contribution in [0.5, 0.6) is 0 Å². The minimum absolute atomic E-state index is 0.159. The van der Waals surface area contributed by atoms with E-state index in [2.05, 4.69) is 5.32 Å². The Kier molecular flexibility index (Phi) is 4.52. The number of nitrogens with one attached hydrogen (secondary N) is 1. The van der Waals surface area contributed by atoms with Gasteiger partial charge in [0.25, 0.3) is 0 Å². The Morgan fingerprint density at radius 1 is 1.32 bits per heavy atom. The topological polar surface area (TPSA) is 45.5 Å². The van der Waals surface area contributed by atoms with Gasteiger partial charge in [-0.05, 0) is 42.7 Å². The van der Waals surface area contributed by atoms with Crippen molar-refractivity contribution in [2.75, 3.05) is 18.6 Å². The van der Waals surface area contributed by atoms with Crippen LogP contribution < -0.4 is 5.32 Å². The van der Waals surface area contributed by atoms with Crippen LogP contribution in [-0.4, -0.2) is 24.2 Å². The SMILES string of the molecule is CSc1ccc(NC(=O)N(C)Cc2ccco2)cc1. The molecule has 1 aromatic carbocycles. The van der Waals surface area contributed by atoms with Crippen molar-refractivity contribution in [3.63, 3.8) is 0 Å². The molecular weight excluding hydrogens is 260 g/mol. The minimum Gasteiger partial charge on any atom is -0.467 e. The lowest BCUT2D eigenvalue weighted by Gasteiger charge is -2.16. The van der Waals surface area contributed by atoms with E-state index in [0.29, 0.717) is 6.54 Å². The Bertz CT molecular complexity index is 523. The van der Waals surface area contributed by atoms with Gasteiger partial charge in [0.2, 0.25) is 0 Å². The molecule has 0 atom stereocenters. The molecule has 0 saturated carbocycles. The molecule has 0 radical (unpaired) electrons. The van der Waals surface area contributed by atoms with E-state index in [1.54, 1.807) is 30.0 Å². The van der Waals surface area contributed by atoms with Crippen LogP contribution >= 0.6 is 11.8 Å². The van der Waals surface area contributed by atoms with E-state index in [4.69, 9.17) is 4.42 Å². The molecule has 0 fully saturated rings. The lowest BCUT2D eigenvalue weighted by molar-refractivity contribution is 0.217. The van der Waals surface area contributed by atoms with Crippen molar-refractivity contribution >= 4 is 23.5 Å². The standard InChI is InChI=1S/C14H16N2O2S/c1-16(10-12-4-3-9-18-12)14(17)15-11-5-7-13(19-2)8-6-11/h3-9H,10H2,1-2H3,(H,15,17). The number of thioether (sulfide) groups is 1. The third-order valence-corrected chi connectivity index (χ3v) is 3.40. The predicted molar refractivity (Wildman–Crippen MR) is 77.4 cm³/mol. The number of amides is 2. The van der Waals surface area contributed by atoms with Crippen LogP contribution in [0.1, 0.15) is 5.76 Å². The van der Waals surface area contributed by atoms with E-state index >= 15 is 0 Å². The molecule has 4 nitrogen and oxygen atoms in total. The van der Waals surface area contributed by atoms with Gasteiger partial charge in [-0.1, -0.05) is 0 Å². The lowest BCUT2D eigenvalue weighted by Crippen LogP contribution is -2.30. The number of nitrogens with zero attached hydrogens (tertiary/aromatic N) is 1. The highest BCUT2D eigenvalue weighted by Crippen LogP contribution is 2.17. The van der Waals surface area contributed by atoms with Crippen molar-refractivity contribution in [2.45, 2.75) is 11.4 Å². The molecule has 19 heavy (non-hydrogen) atoms. The van der Waals surface area contributed by atoms with Crippen LogP contribution in [0.3, 0.4) is 0 Å². The molecule has 5 heteroatoms. The first kappa shape index (κ1) is 13.5. The summed E-state index contributed by atoms with van der Waals surface area (Å²) in [4.78, 5) is 14.7. The zero-order chi connectivity index (χ0) is 13.7. The summed E-state index contributed by atoms with van der Waals surface area (Å²) >= 11 is 1.67. The monoisotopic (exact) mass is 276 g/mol. The molecular formula is C14H16N2O2S. The Morgan fingerprint density at radius 2 is 2.05 bits per heavy atom. The fraction of sp³-hybridized carbons (Fsp3) is 0.214. The number of benzene rings is 1. The number of carbonyl (C=O) groups excluding carboxylic acids is 1. The van der Waals surface area contributed by atoms with Gasteiger partial charge in [-0.3, -0.25) is 0 Å². The average Bonchev–Trinajstić information content (AvgIpc) is 2.92. The van der Waals surface area contributed by atoms with Gasteiger partial charge in [-0.15, -0.1) is 11.8 Å². The van der Waals surface area contributed by atoms with E-state index in [9.17, 15) is 4.79 Å². The average molecular weight is 276 g/mol. The number of carbonyl (C=O) groups is 1. The van der Waals surface area contributed by atoms with E-state index in [1.807, 2.05) is 42.7 Å². The zero-order valence-electron chi connectivity index (χ0n) is 10.9. The van der Waals surface area contributed by atoms with Gasteiger partial charge in [0.1, 0.15) is 5.76 Å². The maximum absolute atomic E-state index is 12.0. The molecule has 2 rings (SSSR count). The first-order valence-corrected chi connectivity index (χ1v) is 7.10.